The summed E-state index contributed by atoms with van der Waals surface area (Å²) in [4.78, 5) is 17.3. The van der Waals surface area contributed by atoms with Gasteiger partial charge in [0.1, 0.15) is 5.82 Å². The van der Waals surface area contributed by atoms with Gasteiger partial charge >= 0.3 is 0 Å². The van der Waals surface area contributed by atoms with Crippen LogP contribution in [0.15, 0.2) is 30.7 Å². The van der Waals surface area contributed by atoms with Crippen LogP contribution < -0.4 is 15.5 Å². The molecule has 0 bridgehead atoms. The van der Waals surface area contributed by atoms with Crippen molar-refractivity contribution in [3.8, 4) is 0 Å². The molecule has 2 N–H and O–H groups in total. The van der Waals surface area contributed by atoms with Gasteiger partial charge in [-0.3, -0.25) is 0 Å². The van der Waals surface area contributed by atoms with E-state index in [0.29, 0.717) is 5.82 Å². The van der Waals surface area contributed by atoms with Gasteiger partial charge in [-0.15, -0.1) is 0 Å². The second kappa shape index (κ2) is 5.32. The van der Waals surface area contributed by atoms with Crippen molar-refractivity contribution in [2.45, 2.75) is 6.92 Å². The SMILES string of the molecule is Cc1cc(N)ncc1N1CCN(c2ncccn2)CC1. The molecule has 2 aromatic rings. The Morgan fingerprint density at radius 1 is 1.00 bits per heavy atom. The number of anilines is 3. The quantitative estimate of drug-likeness (QED) is 0.880. The lowest BCUT2D eigenvalue weighted by molar-refractivity contribution is 0.638. The van der Waals surface area contributed by atoms with Gasteiger partial charge in [0.25, 0.3) is 0 Å². The molecule has 0 spiro atoms. The molecule has 0 atom stereocenters. The van der Waals surface area contributed by atoms with Crippen molar-refractivity contribution >= 4 is 17.5 Å². The van der Waals surface area contributed by atoms with Crippen molar-refractivity contribution in [1.29, 1.82) is 0 Å². The minimum Gasteiger partial charge on any atom is -0.384 e. The third kappa shape index (κ3) is 2.49. The van der Waals surface area contributed by atoms with Crippen LogP contribution in [0.25, 0.3) is 0 Å². The molecule has 0 radical (unpaired) electrons. The third-order valence-corrected chi connectivity index (χ3v) is 3.56. The standard InChI is InChI=1S/C14H18N6/c1-11-9-13(15)18-10-12(11)19-5-7-20(8-6-19)14-16-3-2-4-17-14/h2-4,9-10H,5-8H2,1H3,(H2,15,18). The Labute approximate surface area is 118 Å². The molecule has 0 saturated carbocycles. The minimum atomic E-state index is 0.572. The zero-order valence-corrected chi connectivity index (χ0v) is 11.5. The van der Waals surface area contributed by atoms with E-state index in [4.69, 9.17) is 5.73 Å². The molecule has 1 saturated heterocycles. The fraction of sp³-hybridized carbons (Fsp3) is 0.357. The number of aryl methyl sites for hydroxylation is 1. The van der Waals surface area contributed by atoms with Crippen molar-refractivity contribution in [2.75, 3.05) is 41.7 Å². The first-order valence-corrected chi connectivity index (χ1v) is 6.73. The third-order valence-electron chi connectivity index (χ3n) is 3.56. The maximum Gasteiger partial charge on any atom is 0.225 e. The molecule has 2 aromatic heterocycles. The fourth-order valence-electron chi connectivity index (χ4n) is 2.50. The molecule has 1 aliphatic heterocycles. The maximum absolute atomic E-state index is 5.70. The Balaban J connectivity index is 1.69. The number of rotatable bonds is 2. The normalized spacial score (nSPS) is 15.4. The summed E-state index contributed by atoms with van der Waals surface area (Å²) >= 11 is 0. The van der Waals surface area contributed by atoms with E-state index in [2.05, 4.69) is 31.7 Å². The van der Waals surface area contributed by atoms with Gasteiger partial charge in [0.05, 0.1) is 11.9 Å². The maximum atomic E-state index is 5.70. The van der Waals surface area contributed by atoms with Crippen LogP contribution in [0.2, 0.25) is 0 Å². The lowest BCUT2D eigenvalue weighted by Gasteiger charge is -2.36. The average molecular weight is 270 g/mol. The van der Waals surface area contributed by atoms with Crippen LogP contribution in [0.5, 0.6) is 0 Å². The molecule has 20 heavy (non-hydrogen) atoms. The van der Waals surface area contributed by atoms with Crippen molar-refractivity contribution in [3.63, 3.8) is 0 Å². The van der Waals surface area contributed by atoms with Crippen molar-refractivity contribution in [1.82, 2.24) is 15.0 Å². The highest BCUT2D eigenvalue weighted by Crippen LogP contribution is 2.22. The molecule has 0 aromatic carbocycles. The summed E-state index contributed by atoms with van der Waals surface area (Å²) in [6, 6.07) is 3.76. The topological polar surface area (TPSA) is 71.2 Å². The molecule has 0 aliphatic carbocycles. The second-order valence-corrected chi connectivity index (χ2v) is 4.92. The van der Waals surface area contributed by atoms with Gasteiger partial charge in [-0.25, -0.2) is 15.0 Å². The van der Waals surface area contributed by atoms with E-state index in [1.54, 1.807) is 12.4 Å². The molecule has 0 amide bonds. The first kappa shape index (κ1) is 12.7. The molecule has 1 aliphatic rings. The predicted octanol–water partition coefficient (Wildman–Crippen LogP) is 1.09. The summed E-state index contributed by atoms with van der Waals surface area (Å²) < 4.78 is 0. The van der Waals surface area contributed by atoms with Gasteiger partial charge in [-0.2, -0.15) is 0 Å². The molecular formula is C14H18N6. The monoisotopic (exact) mass is 270 g/mol. The van der Waals surface area contributed by atoms with E-state index >= 15 is 0 Å². The number of nitrogens with two attached hydrogens (primary N) is 1. The van der Waals surface area contributed by atoms with E-state index in [1.807, 2.05) is 18.3 Å². The average Bonchev–Trinajstić information content (AvgIpc) is 2.48. The summed E-state index contributed by atoms with van der Waals surface area (Å²) in [7, 11) is 0. The summed E-state index contributed by atoms with van der Waals surface area (Å²) in [6.45, 7) is 5.76. The Bertz CT molecular complexity index is 577. The van der Waals surface area contributed by atoms with Crippen LogP contribution in [0.3, 0.4) is 0 Å². The van der Waals surface area contributed by atoms with E-state index in [9.17, 15) is 0 Å². The van der Waals surface area contributed by atoms with Crippen LogP contribution >= 0.6 is 0 Å². The molecular weight excluding hydrogens is 252 g/mol. The summed E-state index contributed by atoms with van der Waals surface area (Å²) in [5.74, 6) is 1.38. The van der Waals surface area contributed by atoms with Crippen LogP contribution in [-0.2, 0) is 0 Å². The molecule has 3 heterocycles. The number of hydrogen-bond acceptors (Lipinski definition) is 6. The van der Waals surface area contributed by atoms with Gasteiger partial charge in [-0.1, -0.05) is 0 Å². The van der Waals surface area contributed by atoms with Crippen molar-refractivity contribution < 1.29 is 0 Å². The summed E-state index contributed by atoms with van der Waals surface area (Å²) in [5, 5.41) is 0. The second-order valence-electron chi connectivity index (χ2n) is 4.92. The zero-order valence-electron chi connectivity index (χ0n) is 11.5. The highest BCUT2D eigenvalue weighted by Gasteiger charge is 2.20. The van der Waals surface area contributed by atoms with E-state index < -0.39 is 0 Å². The molecule has 6 heteroatoms. The number of nitrogen functional groups attached to an aromatic ring is 1. The number of hydrogen-bond donors (Lipinski definition) is 1. The summed E-state index contributed by atoms with van der Waals surface area (Å²) in [6.07, 6.45) is 5.42. The fourth-order valence-corrected chi connectivity index (χ4v) is 2.50. The molecule has 1 fully saturated rings. The van der Waals surface area contributed by atoms with E-state index in [1.165, 1.54) is 5.56 Å². The van der Waals surface area contributed by atoms with Crippen LogP contribution in [0, 0.1) is 6.92 Å². The van der Waals surface area contributed by atoms with Gasteiger partial charge in [0.15, 0.2) is 0 Å². The van der Waals surface area contributed by atoms with Gasteiger partial charge < -0.3 is 15.5 Å². The Kier molecular flexibility index (Phi) is 3.37. The van der Waals surface area contributed by atoms with Crippen LogP contribution in [0.1, 0.15) is 5.56 Å². The number of piperazine rings is 1. The van der Waals surface area contributed by atoms with Crippen molar-refractivity contribution in [3.05, 3.63) is 36.3 Å². The molecule has 104 valence electrons. The summed E-state index contributed by atoms with van der Waals surface area (Å²) in [5.41, 5.74) is 8.03. The first-order valence-electron chi connectivity index (χ1n) is 6.73. The van der Waals surface area contributed by atoms with Crippen molar-refractivity contribution in [2.24, 2.45) is 0 Å². The minimum absolute atomic E-state index is 0.572. The lowest BCUT2D eigenvalue weighted by atomic mass is 10.2. The molecule has 0 unspecified atom stereocenters. The Hall–Kier alpha value is -2.37. The van der Waals surface area contributed by atoms with Gasteiger partial charge in [0, 0.05) is 38.6 Å². The molecule has 6 nitrogen and oxygen atoms in total. The number of pyridine rings is 1. The first-order chi connectivity index (χ1) is 9.74. The van der Waals surface area contributed by atoms with E-state index in [0.717, 1.165) is 37.8 Å². The highest BCUT2D eigenvalue weighted by molar-refractivity contribution is 5.56. The van der Waals surface area contributed by atoms with Crippen LogP contribution in [0.4, 0.5) is 17.5 Å². The number of aromatic nitrogens is 3. The zero-order chi connectivity index (χ0) is 13.9. The molecule has 3 rings (SSSR count). The van der Waals surface area contributed by atoms with Gasteiger partial charge in [0.2, 0.25) is 5.95 Å². The number of nitrogens with zero attached hydrogens (tertiary/aromatic N) is 5. The smallest absolute Gasteiger partial charge is 0.225 e. The predicted molar refractivity (Wildman–Crippen MR) is 79.8 cm³/mol. The largest absolute Gasteiger partial charge is 0.384 e. The lowest BCUT2D eigenvalue weighted by Crippen LogP contribution is -2.47. The van der Waals surface area contributed by atoms with Crippen LogP contribution in [-0.4, -0.2) is 41.1 Å². The van der Waals surface area contributed by atoms with Gasteiger partial charge in [-0.05, 0) is 24.6 Å². The highest BCUT2D eigenvalue weighted by atomic mass is 15.3. The van der Waals surface area contributed by atoms with E-state index in [-0.39, 0.29) is 0 Å². The Morgan fingerprint density at radius 2 is 1.65 bits per heavy atom. The Morgan fingerprint density at radius 3 is 2.30 bits per heavy atom.